The number of aliphatic hydroxyl groups is 1. The topological polar surface area (TPSA) is 53.0 Å². The minimum Gasteiger partial charge on any atom is -0.392 e. The minimum atomic E-state index is -0.295. The SMILES string of the molecule is CCC(O)CN1CCOC(CN(CCC(C)C)C(=O)c2ccccc2)C1. The molecule has 0 bridgehead atoms. The first-order valence-corrected chi connectivity index (χ1v) is 9.86. The van der Waals surface area contributed by atoms with E-state index >= 15 is 0 Å². The van der Waals surface area contributed by atoms with E-state index in [2.05, 4.69) is 18.7 Å². The summed E-state index contributed by atoms with van der Waals surface area (Å²) in [5, 5.41) is 9.91. The van der Waals surface area contributed by atoms with E-state index in [1.807, 2.05) is 42.2 Å². The Morgan fingerprint density at radius 2 is 2.08 bits per heavy atom. The lowest BCUT2D eigenvalue weighted by molar-refractivity contribution is -0.0508. The molecule has 2 unspecified atom stereocenters. The van der Waals surface area contributed by atoms with E-state index in [4.69, 9.17) is 4.74 Å². The number of benzene rings is 1. The maximum Gasteiger partial charge on any atom is 0.253 e. The molecule has 1 aliphatic heterocycles. The van der Waals surface area contributed by atoms with Crippen molar-refractivity contribution in [1.29, 1.82) is 0 Å². The molecule has 0 aromatic heterocycles. The van der Waals surface area contributed by atoms with Crippen molar-refractivity contribution in [3.8, 4) is 0 Å². The molecule has 0 aliphatic carbocycles. The average molecular weight is 363 g/mol. The molecule has 1 aromatic rings. The summed E-state index contributed by atoms with van der Waals surface area (Å²) in [6.45, 7) is 10.6. The largest absolute Gasteiger partial charge is 0.392 e. The average Bonchev–Trinajstić information content (AvgIpc) is 2.65. The van der Waals surface area contributed by atoms with Crippen LogP contribution < -0.4 is 0 Å². The van der Waals surface area contributed by atoms with Crippen LogP contribution in [0.2, 0.25) is 0 Å². The van der Waals surface area contributed by atoms with Crippen LogP contribution in [0.3, 0.4) is 0 Å². The fraction of sp³-hybridized carbons (Fsp3) is 0.667. The number of amides is 1. The maximum absolute atomic E-state index is 13.0. The number of rotatable bonds is 9. The van der Waals surface area contributed by atoms with E-state index in [0.717, 1.165) is 38.0 Å². The van der Waals surface area contributed by atoms with Gasteiger partial charge in [0.1, 0.15) is 0 Å². The molecule has 5 nitrogen and oxygen atoms in total. The zero-order valence-corrected chi connectivity index (χ0v) is 16.4. The van der Waals surface area contributed by atoms with Crippen molar-refractivity contribution in [3.63, 3.8) is 0 Å². The summed E-state index contributed by atoms with van der Waals surface area (Å²) in [7, 11) is 0. The highest BCUT2D eigenvalue weighted by Gasteiger charge is 2.26. The smallest absolute Gasteiger partial charge is 0.253 e. The summed E-state index contributed by atoms with van der Waals surface area (Å²) in [4.78, 5) is 17.1. The Labute approximate surface area is 157 Å². The first kappa shape index (κ1) is 20.9. The Hall–Kier alpha value is -1.43. The van der Waals surface area contributed by atoms with Gasteiger partial charge < -0.3 is 14.7 Å². The molecule has 1 aliphatic rings. The molecule has 146 valence electrons. The van der Waals surface area contributed by atoms with Crippen LogP contribution in [-0.2, 0) is 4.74 Å². The van der Waals surface area contributed by atoms with Crippen molar-refractivity contribution >= 4 is 5.91 Å². The number of carbonyl (C=O) groups excluding carboxylic acids is 1. The number of hydrogen-bond donors (Lipinski definition) is 1. The molecular weight excluding hydrogens is 328 g/mol. The Bertz CT molecular complexity index is 535. The van der Waals surface area contributed by atoms with Gasteiger partial charge >= 0.3 is 0 Å². The van der Waals surface area contributed by atoms with E-state index in [9.17, 15) is 9.90 Å². The Morgan fingerprint density at radius 3 is 2.73 bits per heavy atom. The first-order chi connectivity index (χ1) is 12.5. The summed E-state index contributed by atoms with van der Waals surface area (Å²) >= 11 is 0. The summed E-state index contributed by atoms with van der Waals surface area (Å²) < 4.78 is 5.93. The maximum atomic E-state index is 13.0. The molecule has 26 heavy (non-hydrogen) atoms. The van der Waals surface area contributed by atoms with Gasteiger partial charge in [0.05, 0.1) is 18.8 Å². The van der Waals surface area contributed by atoms with E-state index in [-0.39, 0.29) is 18.1 Å². The van der Waals surface area contributed by atoms with Crippen molar-refractivity contribution in [2.45, 2.75) is 45.8 Å². The van der Waals surface area contributed by atoms with Gasteiger partial charge in [-0.3, -0.25) is 9.69 Å². The Balaban J connectivity index is 2.00. The second-order valence-electron chi connectivity index (χ2n) is 7.61. The van der Waals surface area contributed by atoms with Gasteiger partial charge in [-0.25, -0.2) is 0 Å². The number of hydrogen-bond acceptors (Lipinski definition) is 4. The van der Waals surface area contributed by atoms with Crippen LogP contribution in [0.1, 0.15) is 44.0 Å². The number of β-amino-alcohol motifs (C(OH)–C–C–N with tert-alkyl or cyclic N) is 1. The van der Waals surface area contributed by atoms with E-state index < -0.39 is 0 Å². The predicted octanol–water partition coefficient (Wildman–Crippen LogP) is 2.65. The Kier molecular flexibility index (Phi) is 8.55. The first-order valence-electron chi connectivity index (χ1n) is 9.86. The van der Waals surface area contributed by atoms with Gasteiger partial charge in [-0.15, -0.1) is 0 Å². The third-order valence-corrected chi connectivity index (χ3v) is 4.87. The van der Waals surface area contributed by atoms with E-state index in [1.165, 1.54) is 0 Å². The molecule has 2 atom stereocenters. The quantitative estimate of drug-likeness (QED) is 0.734. The van der Waals surface area contributed by atoms with Crippen LogP contribution in [0.4, 0.5) is 0 Å². The zero-order chi connectivity index (χ0) is 18.9. The van der Waals surface area contributed by atoms with Crippen LogP contribution in [0.5, 0.6) is 0 Å². The van der Waals surface area contributed by atoms with Crippen molar-refractivity contribution in [2.75, 3.05) is 39.3 Å². The van der Waals surface area contributed by atoms with Crippen molar-refractivity contribution in [2.24, 2.45) is 5.92 Å². The summed E-state index contributed by atoms with van der Waals surface area (Å²) in [5.74, 6) is 0.616. The van der Waals surface area contributed by atoms with E-state index in [0.29, 0.717) is 25.6 Å². The van der Waals surface area contributed by atoms with Crippen LogP contribution in [-0.4, -0.2) is 72.4 Å². The van der Waals surface area contributed by atoms with Gasteiger partial charge in [0, 0.05) is 38.3 Å². The molecule has 1 fully saturated rings. The second-order valence-corrected chi connectivity index (χ2v) is 7.61. The fourth-order valence-corrected chi connectivity index (χ4v) is 3.18. The van der Waals surface area contributed by atoms with Crippen LogP contribution in [0.25, 0.3) is 0 Å². The minimum absolute atomic E-state index is 0.00682. The van der Waals surface area contributed by atoms with Gasteiger partial charge in [0.2, 0.25) is 0 Å². The lowest BCUT2D eigenvalue weighted by atomic mass is 10.1. The third-order valence-electron chi connectivity index (χ3n) is 4.87. The van der Waals surface area contributed by atoms with E-state index in [1.54, 1.807) is 0 Å². The standard InChI is InChI=1S/C21H34N2O3/c1-4-19(24)14-22-12-13-26-20(15-22)16-23(11-10-17(2)3)21(25)18-8-6-5-7-9-18/h5-9,17,19-20,24H,4,10-16H2,1-3H3. The van der Waals surface area contributed by atoms with Crippen LogP contribution >= 0.6 is 0 Å². The molecule has 1 heterocycles. The van der Waals surface area contributed by atoms with Crippen molar-refractivity contribution < 1.29 is 14.6 Å². The van der Waals surface area contributed by atoms with Gasteiger partial charge in [-0.1, -0.05) is 39.0 Å². The fourth-order valence-electron chi connectivity index (χ4n) is 3.18. The van der Waals surface area contributed by atoms with Crippen LogP contribution in [0.15, 0.2) is 30.3 Å². The highest BCUT2D eigenvalue weighted by Crippen LogP contribution is 2.13. The highest BCUT2D eigenvalue weighted by molar-refractivity contribution is 5.94. The number of carbonyl (C=O) groups is 1. The summed E-state index contributed by atoms with van der Waals surface area (Å²) in [6.07, 6.45) is 1.43. The molecule has 0 saturated carbocycles. The molecular formula is C21H34N2O3. The molecule has 1 N–H and O–H groups in total. The molecule has 1 aromatic carbocycles. The summed E-state index contributed by atoms with van der Waals surface area (Å²) in [5.41, 5.74) is 0.727. The summed E-state index contributed by atoms with van der Waals surface area (Å²) in [6, 6.07) is 9.47. The normalized spacial score (nSPS) is 19.5. The monoisotopic (exact) mass is 362 g/mol. The number of ether oxygens (including phenoxy) is 1. The van der Waals surface area contributed by atoms with Crippen LogP contribution in [0, 0.1) is 5.92 Å². The highest BCUT2D eigenvalue weighted by atomic mass is 16.5. The molecule has 0 spiro atoms. The Morgan fingerprint density at radius 1 is 1.35 bits per heavy atom. The molecule has 2 rings (SSSR count). The van der Waals surface area contributed by atoms with Gasteiger partial charge in [0.15, 0.2) is 0 Å². The number of morpholine rings is 1. The van der Waals surface area contributed by atoms with Crippen molar-refractivity contribution in [3.05, 3.63) is 35.9 Å². The predicted molar refractivity (Wildman–Crippen MR) is 104 cm³/mol. The van der Waals surface area contributed by atoms with Gasteiger partial charge in [-0.05, 0) is 30.9 Å². The number of aliphatic hydroxyl groups excluding tert-OH is 1. The number of nitrogens with zero attached hydrogens (tertiary/aromatic N) is 2. The molecule has 0 radical (unpaired) electrons. The van der Waals surface area contributed by atoms with Gasteiger partial charge in [0.25, 0.3) is 5.91 Å². The molecule has 1 amide bonds. The van der Waals surface area contributed by atoms with Gasteiger partial charge in [-0.2, -0.15) is 0 Å². The second kappa shape index (κ2) is 10.7. The molecule has 1 saturated heterocycles. The molecule has 5 heteroatoms. The third kappa shape index (κ3) is 6.71. The van der Waals surface area contributed by atoms with Crippen molar-refractivity contribution in [1.82, 2.24) is 9.80 Å². The lowest BCUT2D eigenvalue weighted by Gasteiger charge is -2.36. The zero-order valence-electron chi connectivity index (χ0n) is 16.4. The lowest BCUT2D eigenvalue weighted by Crippen LogP contribution is -2.50.